The van der Waals surface area contributed by atoms with Gasteiger partial charge in [-0.3, -0.25) is 9.79 Å². The Morgan fingerprint density at radius 1 is 1.20 bits per heavy atom. The maximum atomic E-state index is 11.5. The van der Waals surface area contributed by atoms with Crippen molar-refractivity contribution in [2.45, 2.75) is 13.1 Å². The summed E-state index contributed by atoms with van der Waals surface area (Å²) in [5.74, 6) is 0.862. The summed E-state index contributed by atoms with van der Waals surface area (Å²) in [7, 11) is 1.77. The largest absolute Gasteiger partial charge is 0.360 e. The Morgan fingerprint density at radius 3 is 2.60 bits per heavy atom. The van der Waals surface area contributed by atoms with E-state index in [4.69, 9.17) is 0 Å². The van der Waals surface area contributed by atoms with E-state index >= 15 is 0 Å². The van der Waals surface area contributed by atoms with Gasteiger partial charge < -0.3 is 20.9 Å². The molecule has 25 heavy (non-hydrogen) atoms. The predicted octanol–water partition coefficient (Wildman–Crippen LogP) is 1.55. The molecule has 0 atom stereocenters. The van der Waals surface area contributed by atoms with Gasteiger partial charge in [-0.25, -0.2) is 0 Å². The van der Waals surface area contributed by atoms with Crippen molar-refractivity contribution >= 4 is 28.9 Å². The van der Waals surface area contributed by atoms with E-state index in [1.165, 1.54) is 11.1 Å². The Hall–Kier alpha value is -2.54. The number of amides is 1. The molecule has 6 nitrogen and oxygen atoms in total. The molecule has 0 spiro atoms. The number of carbonyl (C=O) groups is 1. The van der Waals surface area contributed by atoms with E-state index < -0.39 is 0 Å². The first-order valence-corrected chi connectivity index (χ1v) is 9.25. The minimum absolute atomic E-state index is 0.0810. The van der Waals surface area contributed by atoms with Gasteiger partial charge in [-0.05, 0) is 40.1 Å². The number of nitrogens with one attached hydrogen (secondary N) is 3. The minimum atomic E-state index is 0.0810. The molecule has 1 fully saturated rings. The molecule has 132 valence electrons. The summed E-state index contributed by atoms with van der Waals surface area (Å²) in [6, 6.07) is 10.4. The number of hydrogen-bond acceptors (Lipinski definition) is 4. The van der Waals surface area contributed by atoms with Crippen molar-refractivity contribution < 1.29 is 4.79 Å². The molecule has 1 aromatic carbocycles. The van der Waals surface area contributed by atoms with Gasteiger partial charge in [0.2, 0.25) is 5.91 Å². The SMILES string of the molecule is CN=C(NCc1ccc(N2CCNC(=O)C2)cc1)NCc1ccsc1. The number of piperazine rings is 1. The fraction of sp³-hybridized carbons (Fsp3) is 0.333. The molecule has 7 heteroatoms. The van der Waals surface area contributed by atoms with Crippen LogP contribution in [0.15, 0.2) is 46.1 Å². The van der Waals surface area contributed by atoms with E-state index in [-0.39, 0.29) is 5.91 Å². The van der Waals surface area contributed by atoms with Gasteiger partial charge in [0, 0.05) is 38.9 Å². The lowest BCUT2D eigenvalue weighted by Crippen LogP contribution is -2.47. The molecule has 0 bridgehead atoms. The van der Waals surface area contributed by atoms with E-state index in [9.17, 15) is 4.79 Å². The molecule has 2 heterocycles. The van der Waals surface area contributed by atoms with Crippen LogP contribution in [0.25, 0.3) is 0 Å². The molecule has 1 aromatic heterocycles. The maximum Gasteiger partial charge on any atom is 0.239 e. The van der Waals surface area contributed by atoms with Crippen LogP contribution in [-0.2, 0) is 17.9 Å². The van der Waals surface area contributed by atoms with Gasteiger partial charge in [0.05, 0.1) is 6.54 Å². The van der Waals surface area contributed by atoms with Crippen LogP contribution in [0.5, 0.6) is 0 Å². The number of anilines is 1. The third-order valence-corrected chi connectivity index (χ3v) is 4.80. The number of aliphatic imine (C=N–C) groups is 1. The first kappa shape index (κ1) is 17.3. The Balaban J connectivity index is 1.49. The highest BCUT2D eigenvalue weighted by atomic mass is 32.1. The lowest BCUT2D eigenvalue weighted by atomic mass is 10.2. The number of benzene rings is 1. The second-order valence-electron chi connectivity index (χ2n) is 5.85. The molecular weight excluding hydrogens is 334 g/mol. The molecule has 0 aliphatic carbocycles. The van der Waals surface area contributed by atoms with E-state index in [0.717, 1.165) is 24.7 Å². The summed E-state index contributed by atoms with van der Waals surface area (Å²) in [4.78, 5) is 17.8. The normalized spacial score (nSPS) is 15.0. The first-order valence-electron chi connectivity index (χ1n) is 8.31. The number of carbonyl (C=O) groups excluding carboxylic acids is 1. The highest BCUT2D eigenvalue weighted by molar-refractivity contribution is 7.07. The van der Waals surface area contributed by atoms with E-state index in [2.05, 4.69) is 66.9 Å². The molecule has 0 unspecified atom stereocenters. The van der Waals surface area contributed by atoms with Crippen LogP contribution in [0.2, 0.25) is 0 Å². The molecule has 2 aromatic rings. The molecular formula is C18H23N5OS. The topological polar surface area (TPSA) is 68.8 Å². The third-order valence-electron chi connectivity index (χ3n) is 4.06. The van der Waals surface area contributed by atoms with Gasteiger partial charge in [0.15, 0.2) is 5.96 Å². The molecule has 0 radical (unpaired) electrons. The van der Waals surface area contributed by atoms with Crippen molar-refractivity contribution in [1.82, 2.24) is 16.0 Å². The van der Waals surface area contributed by atoms with Crippen LogP contribution in [0.4, 0.5) is 5.69 Å². The highest BCUT2D eigenvalue weighted by Gasteiger charge is 2.16. The van der Waals surface area contributed by atoms with Crippen molar-refractivity contribution in [3.05, 3.63) is 52.2 Å². The Kier molecular flexibility index (Phi) is 5.90. The Morgan fingerprint density at radius 2 is 1.96 bits per heavy atom. The smallest absolute Gasteiger partial charge is 0.239 e. The standard InChI is InChI=1S/C18H23N5OS/c1-19-18(22-11-15-6-9-25-13-15)21-10-14-2-4-16(5-3-14)23-8-7-20-17(24)12-23/h2-6,9,13H,7-8,10-12H2,1H3,(H,20,24)(H2,19,21,22). The lowest BCUT2D eigenvalue weighted by Gasteiger charge is -2.28. The monoisotopic (exact) mass is 357 g/mol. The van der Waals surface area contributed by atoms with Crippen LogP contribution in [0.1, 0.15) is 11.1 Å². The fourth-order valence-electron chi connectivity index (χ4n) is 2.67. The average Bonchev–Trinajstić information content (AvgIpc) is 3.16. The summed E-state index contributed by atoms with van der Waals surface area (Å²) in [5.41, 5.74) is 3.50. The fourth-order valence-corrected chi connectivity index (χ4v) is 3.34. The molecule has 1 amide bonds. The second-order valence-corrected chi connectivity index (χ2v) is 6.63. The summed E-state index contributed by atoms with van der Waals surface area (Å²) in [6.45, 7) is 3.44. The maximum absolute atomic E-state index is 11.5. The van der Waals surface area contributed by atoms with Crippen LogP contribution in [0, 0.1) is 0 Å². The molecule has 1 saturated heterocycles. The van der Waals surface area contributed by atoms with Gasteiger partial charge in [-0.2, -0.15) is 11.3 Å². The third kappa shape index (κ3) is 4.96. The number of hydrogen-bond donors (Lipinski definition) is 3. The van der Waals surface area contributed by atoms with Gasteiger partial charge in [0.1, 0.15) is 0 Å². The lowest BCUT2D eigenvalue weighted by molar-refractivity contribution is -0.120. The van der Waals surface area contributed by atoms with Crippen molar-refractivity contribution in [3.8, 4) is 0 Å². The van der Waals surface area contributed by atoms with Crippen molar-refractivity contribution in [3.63, 3.8) is 0 Å². The number of rotatable bonds is 5. The highest BCUT2D eigenvalue weighted by Crippen LogP contribution is 2.16. The molecule has 1 aliphatic heterocycles. The van der Waals surface area contributed by atoms with Gasteiger partial charge in [0.25, 0.3) is 0 Å². The van der Waals surface area contributed by atoms with Crippen LogP contribution < -0.4 is 20.9 Å². The van der Waals surface area contributed by atoms with E-state index in [1.54, 1.807) is 18.4 Å². The zero-order valence-corrected chi connectivity index (χ0v) is 15.1. The van der Waals surface area contributed by atoms with Crippen LogP contribution >= 0.6 is 11.3 Å². The summed E-state index contributed by atoms with van der Waals surface area (Å²) in [6.07, 6.45) is 0. The van der Waals surface area contributed by atoms with E-state index in [1.807, 2.05) is 0 Å². The number of thiophene rings is 1. The number of nitrogens with zero attached hydrogens (tertiary/aromatic N) is 2. The van der Waals surface area contributed by atoms with Crippen molar-refractivity contribution in [2.24, 2.45) is 4.99 Å². The predicted molar refractivity (Wildman–Crippen MR) is 103 cm³/mol. The molecule has 1 aliphatic rings. The van der Waals surface area contributed by atoms with Crippen LogP contribution in [-0.4, -0.2) is 38.5 Å². The van der Waals surface area contributed by atoms with Crippen LogP contribution in [0.3, 0.4) is 0 Å². The van der Waals surface area contributed by atoms with Gasteiger partial charge >= 0.3 is 0 Å². The van der Waals surface area contributed by atoms with E-state index in [0.29, 0.717) is 19.6 Å². The van der Waals surface area contributed by atoms with Gasteiger partial charge in [-0.1, -0.05) is 12.1 Å². The molecule has 3 N–H and O–H groups in total. The van der Waals surface area contributed by atoms with Crippen molar-refractivity contribution in [1.29, 1.82) is 0 Å². The van der Waals surface area contributed by atoms with Crippen molar-refractivity contribution in [2.75, 3.05) is 31.6 Å². The zero-order chi connectivity index (χ0) is 17.5. The first-order chi connectivity index (χ1) is 12.2. The molecule has 0 saturated carbocycles. The van der Waals surface area contributed by atoms with Gasteiger partial charge in [-0.15, -0.1) is 0 Å². The Bertz CT molecular complexity index is 712. The summed E-state index contributed by atoms with van der Waals surface area (Å²) >= 11 is 1.69. The minimum Gasteiger partial charge on any atom is -0.360 e. The zero-order valence-electron chi connectivity index (χ0n) is 14.3. The summed E-state index contributed by atoms with van der Waals surface area (Å²) in [5, 5.41) is 13.7. The average molecular weight is 357 g/mol. The quantitative estimate of drug-likeness (QED) is 0.561. The molecule has 3 rings (SSSR count). The second kappa shape index (κ2) is 8.53. The Labute approximate surface area is 152 Å². The summed E-state index contributed by atoms with van der Waals surface area (Å²) < 4.78 is 0. The number of guanidine groups is 1.